The Morgan fingerprint density at radius 2 is 2.13 bits per heavy atom. The third-order valence-electron chi connectivity index (χ3n) is 2.82. The highest BCUT2D eigenvalue weighted by atomic mass is 32.2. The molecule has 23 heavy (non-hydrogen) atoms. The summed E-state index contributed by atoms with van der Waals surface area (Å²) < 4.78 is 38.6. The fourth-order valence-corrected chi connectivity index (χ4v) is 3.38. The second-order valence-electron chi connectivity index (χ2n) is 4.45. The molecule has 0 fully saturated rings. The van der Waals surface area contributed by atoms with Gasteiger partial charge >= 0.3 is 12.2 Å². The van der Waals surface area contributed by atoms with Crippen LogP contribution in [0, 0.1) is 0 Å². The summed E-state index contributed by atoms with van der Waals surface area (Å²) in [6.07, 6.45) is -4.35. The molecule has 0 spiro atoms. The van der Waals surface area contributed by atoms with Gasteiger partial charge in [-0.15, -0.1) is 10.2 Å². The molecule has 2 aromatic rings. The van der Waals surface area contributed by atoms with Crippen LogP contribution in [0.25, 0.3) is 0 Å². The third-order valence-corrected chi connectivity index (χ3v) is 5.02. The zero-order valence-electron chi connectivity index (χ0n) is 12.2. The van der Waals surface area contributed by atoms with Crippen LogP contribution in [0.1, 0.15) is 11.1 Å². The van der Waals surface area contributed by atoms with Gasteiger partial charge in [0, 0.05) is 19.8 Å². The van der Waals surface area contributed by atoms with Crippen LogP contribution in [0.4, 0.5) is 23.1 Å². The van der Waals surface area contributed by atoms with Crippen LogP contribution < -0.4 is 10.2 Å². The number of aromatic nitrogens is 2. The smallest absolute Gasteiger partial charge is 0.341 e. The monoisotopic (exact) mass is 362 g/mol. The first-order valence-corrected chi connectivity index (χ1v) is 8.19. The first-order chi connectivity index (χ1) is 10.8. The van der Waals surface area contributed by atoms with Gasteiger partial charge in [-0.1, -0.05) is 41.3 Å². The van der Waals surface area contributed by atoms with Gasteiger partial charge in [0.2, 0.25) is 5.13 Å². The topological polar surface area (TPSA) is 58.1 Å². The maximum absolute atomic E-state index is 12.7. The maximum Gasteiger partial charge on any atom is 0.416 e. The molecule has 5 nitrogen and oxygen atoms in total. The Kier molecular flexibility index (Phi) is 5.47. The highest BCUT2D eigenvalue weighted by Crippen LogP contribution is 2.33. The molecule has 0 aliphatic heterocycles. The largest absolute Gasteiger partial charge is 0.416 e. The summed E-state index contributed by atoms with van der Waals surface area (Å²) in [7, 11) is 3.06. The second kappa shape index (κ2) is 7.18. The lowest BCUT2D eigenvalue weighted by Crippen LogP contribution is -2.34. The number of rotatable bonds is 4. The molecule has 124 valence electrons. The van der Waals surface area contributed by atoms with Crippen LogP contribution in [-0.4, -0.2) is 30.3 Å². The van der Waals surface area contributed by atoms with E-state index in [9.17, 15) is 18.0 Å². The van der Waals surface area contributed by atoms with Crippen molar-refractivity contribution in [3.8, 4) is 0 Å². The van der Waals surface area contributed by atoms with Crippen LogP contribution in [0.3, 0.4) is 0 Å². The van der Waals surface area contributed by atoms with Gasteiger partial charge < -0.3 is 5.32 Å². The van der Waals surface area contributed by atoms with Crippen molar-refractivity contribution in [2.45, 2.75) is 16.3 Å². The van der Waals surface area contributed by atoms with E-state index in [1.165, 1.54) is 41.1 Å². The summed E-state index contributed by atoms with van der Waals surface area (Å²) in [5.74, 6) is 0.336. The fourth-order valence-electron chi connectivity index (χ4n) is 1.63. The van der Waals surface area contributed by atoms with Gasteiger partial charge in [0.05, 0.1) is 5.56 Å². The van der Waals surface area contributed by atoms with Crippen molar-refractivity contribution in [3.05, 3.63) is 35.4 Å². The van der Waals surface area contributed by atoms with Crippen molar-refractivity contribution in [1.29, 1.82) is 0 Å². The Morgan fingerprint density at radius 1 is 1.39 bits per heavy atom. The molecule has 0 aliphatic rings. The molecule has 1 N–H and O–H groups in total. The predicted molar refractivity (Wildman–Crippen MR) is 83.8 cm³/mol. The van der Waals surface area contributed by atoms with Crippen molar-refractivity contribution in [1.82, 2.24) is 15.5 Å². The molecule has 0 radical (unpaired) electrons. The molecule has 0 atom stereocenters. The average molecular weight is 362 g/mol. The first kappa shape index (κ1) is 17.5. The van der Waals surface area contributed by atoms with Crippen LogP contribution in [-0.2, 0) is 11.9 Å². The molecule has 0 saturated heterocycles. The second-order valence-corrected chi connectivity index (χ2v) is 6.63. The molecule has 0 saturated carbocycles. The van der Waals surface area contributed by atoms with E-state index in [-0.39, 0.29) is 6.03 Å². The Labute approximate surface area is 138 Å². The van der Waals surface area contributed by atoms with E-state index in [0.717, 1.165) is 12.1 Å². The standard InChI is InChI=1S/C13H13F3N4OS2/c1-17-10(21)20(2)11-18-19-12(23-11)22-7-8-4-3-5-9(6-8)13(14,15)16/h3-6H,7H2,1-2H3,(H,17,21). The quantitative estimate of drug-likeness (QED) is 0.667. The number of alkyl halides is 3. The molecule has 1 aromatic heterocycles. The van der Waals surface area contributed by atoms with Crippen molar-refractivity contribution in [2.24, 2.45) is 0 Å². The number of carbonyl (C=O) groups excluding carboxylic acids is 1. The summed E-state index contributed by atoms with van der Waals surface area (Å²) in [5.41, 5.74) is -0.130. The van der Waals surface area contributed by atoms with E-state index in [1.54, 1.807) is 13.1 Å². The number of anilines is 1. The summed E-state index contributed by atoms with van der Waals surface area (Å²) in [4.78, 5) is 12.8. The van der Waals surface area contributed by atoms with Gasteiger partial charge in [-0.05, 0) is 11.6 Å². The Bertz CT molecular complexity index is 690. The van der Waals surface area contributed by atoms with Gasteiger partial charge in [-0.2, -0.15) is 13.2 Å². The van der Waals surface area contributed by atoms with E-state index in [2.05, 4.69) is 15.5 Å². The minimum absolute atomic E-state index is 0.324. The highest BCUT2D eigenvalue weighted by Gasteiger charge is 2.30. The average Bonchev–Trinajstić information content (AvgIpc) is 3.00. The van der Waals surface area contributed by atoms with Gasteiger partial charge in [-0.25, -0.2) is 4.79 Å². The number of nitrogens with one attached hydrogen (secondary N) is 1. The molecular formula is C13H13F3N4OS2. The number of carbonyl (C=O) groups is 1. The first-order valence-electron chi connectivity index (χ1n) is 6.39. The third kappa shape index (κ3) is 4.58. The number of hydrogen-bond acceptors (Lipinski definition) is 5. The van der Waals surface area contributed by atoms with E-state index >= 15 is 0 Å². The van der Waals surface area contributed by atoms with Gasteiger partial charge in [0.1, 0.15) is 0 Å². The van der Waals surface area contributed by atoms with E-state index in [4.69, 9.17) is 0 Å². The fraction of sp³-hybridized carbons (Fsp3) is 0.308. The molecule has 0 bridgehead atoms. The van der Waals surface area contributed by atoms with Crippen molar-refractivity contribution in [3.63, 3.8) is 0 Å². The number of nitrogens with zero attached hydrogens (tertiary/aromatic N) is 3. The summed E-state index contributed by atoms with van der Waals surface area (Å²) in [6, 6.07) is 4.83. The van der Waals surface area contributed by atoms with Gasteiger partial charge in [0.25, 0.3) is 0 Å². The molecule has 1 heterocycles. The number of halogens is 3. The van der Waals surface area contributed by atoms with Crippen molar-refractivity contribution >= 4 is 34.3 Å². The minimum Gasteiger partial charge on any atom is -0.341 e. The molecule has 0 aliphatic carbocycles. The Morgan fingerprint density at radius 3 is 2.78 bits per heavy atom. The molecule has 10 heteroatoms. The molecule has 1 aromatic carbocycles. The minimum atomic E-state index is -4.35. The summed E-state index contributed by atoms with van der Waals surface area (Å²) in [6.45, 7) is 0. The van der Waals surface area contributed by atoms with E-state index in [1.807, 2.05) is 0 Å². The van der Waals surface area contributed by atoms with E-state index < -0.39 is 11.7 Å². The van der Waals surface area contributed by atoms with Crippen molar-refractivity contribution in [2.75, 3.05) is 19.0 Å². The zero-order chi connectivity index (χ0) is 17.0. The van der Waals surface area contributed by atoms with Crippen LogP contribution in [0.5, 0.6) is 0 Å². The molecule has 0 unspecified atom stereocenters. The predicted octanol–water partition coefficient (Wildman–Crippen LogP) is 3.62. The van der Waals surface area contributed by atoms with Gasteiger partial charge in [0.15, 0.2) is 4.34 Å². The lowest BCUT2D eigenvalue weighted by Gasteiger charge is -2.11. The molecule has 2 rings (SSSR count). The molecular weight excluding hydrogens is 349 g/mol. The summed E-state index contributed by atoms with van der Waals surface area (Å²) >= 11 is 2.47. The van der Waals surface area contributed by atoms with Crippen LogP contribution in [0.15, 0.2) is 28.6 Å². The number of amides is 2. The lowest BCUT2D eigenvalue weighted by atomic mass is 10.1. The lowest BCUT2D eigenvalue weighted by molar-refractivity contribution is -0.137. The molecule has 2 amide bonds. The number of benzene rings is 1. The van der Waals surface area contributed by atoms with E-state index in [0.29, 0.717) is 20.8 Å². The maximum atomic E-state index is 12.7. The Balaban J connectivity index is 2.02. The summed E-state index contributed by atoms with van der Waals surface area (Å²) in [5, 5.41) is 10.7. The van der Waals surface area contributed by atoms with Gasteiger partial charge in [-0.3, -0.25) is 4.90 Å². The number of hydrogen-bond donors (Lipinski definition) is 1. The Hall–Kier alpha value is -1.81. The van der Waals surface area contributed by atoms with Crippen LogP contribution >= 0.6 is 23.1 Å². The zero-order valence-corrected chi connectivity index (χ0v) is 13.8. The number of urea groups is 1. The van der Waals surface area contributed by atoms with Crippen molar-refractivity contribution < 1.29 is 18.0 Å². The highest BCUT2D eigenvalue weighted by molar-refractivity contribution is 8.00. The normalized spacial score (nSPS) is 11.3. The SMILES string of the molecule is CNC(=O)N(C)c1nnc(SCc2cccc(C(F)(F)F)c2)s1. The van der Waals surface area contributed by atoms with Crippen LogP contribution in [0.2, 0.25) is 0 Å². The number of thioether (sulfide) groups is 1.